The third-order valence-electron chi connectivity index (χ3n) is 1.67. The van der Waals surface area contributed by atoms with E-state index in [0.29, 0.717) is 19.5 Å². The maximum Gasteiger partial charge on any atom is 0.413 e. The van der Waals surface area contributed by atoms with E-state index in [2.05, 4.69) is 5.32 Å². The van der Waals surface area contributed by atoms with Crippen molar-refractivity contribution in [2.75, 3.05) is 13.1 Å². The lowest BCUT2D eigenvalue weighted by Crippen LogP contribution is -2.22. The molecule has 0 fully saturated rings. The fraction of sp³-hybridized carbons (Fsp3) is 0.857. The number of hydrogen-bond acceptors (Lipinski definition) is 3. The van der Waals surface area contributed by atoms with E-state index in [1.165, 1.54) is 0 Å². The first-order valence-corrected chi connectivity index (χ1v) is 6.13. The maximum absolute atomic E-state index is 10.7. The minimum Gasteiger partial charge on any atom is -0.346 e. The number of amides is 1. The third kappa shape index (κ3) is 7.03. The molecule has 0 atom stereocenters. The highest BCUT2D eigenvalue weighted by Crippen LogP contribution is 2.34. The van der Waals surface area contributed by atoms with E-state index in [-0.39, 0.29) is 0 Å². The molecule has 1 amide bonds. The lowest BCUT2D eigenvalue weighted by Gasteiger charge is -2.05. The molecule has 84 valence electrons. The molecule has 0 radical (unpaired) electrons. The van der Waals surface area contributed by atoms with Crippen LogP contribution in [0, 0.1) is 0 Å². The highest BCUT2D eigenvalue weighted by Gasteiger charge is 2.24. The number of nitrogens with one attached hydrogen (secondary N) is 1. The highest BCUT2D eigenvalue weighted by atomic mass is 31.2. The summed E-state index contributed by atoms with van der Waals surface area (Å²) >= 11 is 0. The third-order valence-corrected chi connectivity index (χ3v) is 2.36. The van der Waals surface area contributed by atoms with Crippen molar-refractivity contribution in [3.05, 3.63) is 0 Å². The second-order valence-electron chi connectivity index (χ2n) is 2.98. The van der Waals surface area contributed by atoms with E-state index in [0.717, 1.165) is 19.3 Å². The van der Waals surface area contributed by atoms with Crippen LogP contribution in [0.25, 0.3) is 0 Å². The van der Waals surface area contributed by atoms with Crippen molar-refractivity contribution in [3.63, 3.8) is 0 Å². The molecule has 0 saturated heterocycles. The lowest BCUT2D eigenvalue weighted by atomic mass is 10.2. The second-order valence-corrected chi connectivity index (χ2v) is 4.47. The zero-order valence-corrected chi connectivity index (χ0v) is 8.87. The molecule has 0 bridgehead atoms. The Morgan fingerprint density at radius 1 is 1.21 bits per heavy atom. The molecule has 0 saturated carbocycles. The molecule has 0 spiro atoms. The molecule has 0 aliphatic heterocycles. The predicted octanol–water partition coefficient (Wildman–Crippen LogP) is 0.393. The number of hydrogen-bond donors (Lipinski definition) is 4. The van der Waals surface area contributed by atoms with Crippen LogP contribution in [-0.4, -0.2) is 28.5 Å². The SMILES string of the molecule is NCCCCCCNC(=O)P(=O)(O)O. The van der Waals surface area contributed by atoms with Crippen LogP contribution < -0.4 is 11.1 Å². The Morgan fingerprint density at radius 3 is 2.29 bits per heavy atom. The summed E-state index contributed by atoms with van der Waals surface area (Å²) in [4.78, 5) is 27.5. The van der Waals surface area contributed by atoms with Gasteiger partial charge in [0.1, 0.15) is 0 Å². The molecule has 5 N–H and O–H groups in total. The van der Waals surface area contributed by atoms with Gasteiger partial charge in [-0.3, -0.25) is 4.79 Å². The average Bonchev–Trinajstić information content (AvgIpc) is 2.09. The summed E-state index contributed by atoms with van der Waals surface area (Å²) in [5.74, 6) is 0. The van der Waals surface area contributed by atoms with Gasteiger partial charge < -0.3 is 20.8 Å². The van der Waals surface area contributed by atoms with Crippen molar-refractivity contribution in [3.8, 4) is 0 Å². The van der Waals surface area contributed by atoms with Crippen molar-refractivity contribution in [1.29, 1.82) is 0 Å². The van der Waals surface area contributed by atoms with E-state index < -0.39 is 13.2 Å². The van der Waals surface area contributed by atoms with Crippen LogP contribution >= 0.6 is 7.60 Å². The lowest BCUT2D eigenvalue weighted by molar-refractivity contribution is 0.248. The molecule has 0 unspecified atom stereocenters. The molecule has 6 nitrogen and oxygen atoms in total. The van der Waals surface area contributed by atoms with Crippen LogP contribution in [0.5, 0.6) is 0 Å². The molecule has 0 aliphatic carbocycles. The van der Waals surface area contributed by atoms with Crippen molar-refractivity contribution >= 4 is 13.2 Å². The normalized spacial score (nSPS) is 11.4. The standard InChI is InChI=1S/C7H17N2O4P/c8-5-3-1-2-4-6-9-7(10)14(11,12)13/h1-6,8H2,(H,9,10)(H2,11,12,13). The Bertz CT molecular complexity index is 216. The van der Waals surface area contributed by atoms with Gasteiger partial charge in [-0.1, -0.05) is 12.8 Å². The highest BCUT2D eigenvalue weighted by molar-refractivity contribution is 7.69. The van der Waals surface area contributed by atoms with E-state index in [9.17, 15) is 9.36 Å². The number of rotatable bonds is 7. The molecule has 0 rings (SSSR count). The minimum absolute atomic E-state index is 0.300. The molecule has 0 aliphatic rings. The average molecular weight is 224 g/mol. The maximum atomic E-state index is 10.7. The molecular formula is C7H17N2O4P. The van der Waals surface area contributed by atoms with Gasteiger partial charge in [-0.15, -0.1) is 0 Å². The first-order chi connectivity index (χ1) is 6.48. The zero-order chi connectivity index (χ0) is 11.0. The Kier molecular flexibility index (Phi) is 6.74. The van der Waals surface area contributed by atoms with Gasteiger partial charge in [0.15, 0.2) is 0 Å². The van der Waals surface area contributed by atoms with Crippen molar-refractivity contribution < 1.29 is 19.1 Å². The Morgan fingerprint density at radius 2 is 1.79 bits per heavy atom. The van der Waals surface area contributed by atoms with E-state index in [4.69, 9.17) is 15.5 Å². The zero-order valence-electron chi connectivity index (χ0n) is 7.98. The summed E-state index contributed by atoms with van der Waals surface area (Å²) in [7, 11) is -4.59. The number of carbonyl (C=O) groups is 1. The van der Waals surface area contributed by atoms with E-state index >= 15 is 0 Å². The topological polar surface area (TPSA) is 113 Å². The molecule has 14 heavy (non-hydrogen) atoms. The van der Waals surface area contributed by atoms with Crippen molar-refractivity contribution in [1.82, 2.24) is 5.32 Å². The molecular weight excluding hydrogens is 207 g/mol. The van der Waals surface area contributed by atoms with Gasteiger partial charge in [0.25, 0.3) is 0 Å². The van der Waals surface area contributed by atoms with Crippen LogP contribution in [0.2, 0.25) is 0 Å². The molecule has 0 heterocycles. The predicted molar refractivity (Wildman–Crippen MR) is 53.0 cm³/mol. The Labute approximate surface area is 83.0 Å². The number of nitrogens with two attached hydrogens (primary N) is 1. The van der Waals surface area contributed by atoms with Gasteiger partial charge in [0, 0.05) is 6.54 Å². The van der Waals surface area contributed by atoms with Crippen molar-refractivity contribution in [2.24, 2.45) is 5.73 Å². The second kappa shape index (κ2) is 6.95. The number of carbonyl (C=O) groups excluding carboxylic acids is 1. The molecule has 7 heteroatoms. The Hall–Kier alpha value is -0.420. The summed E-state index contributed by atoms with van der Waals surface area (Å²) in [6.07, 6.45) is 3.53. The van der Waals surface area contributed by atoms with Gasteiger partial charge >= 0.3 is 13.2 Å². The summed E-state index contributed by atoms with van der Waals surface area (Å²) < 4.78 is 10.4. The molecule has 0 aromatic carbocycles. The first-order valence-electron chi connectivity index (χ1n) is 4.52. The van der Waals surface area contributed by atoms with Crippen LogP contribution in [-0.2, 0) is 4.57 Å². The summed E-state index contributed by atoms with van der Waals surface area (Å²) in [6.45, 7) is 0.948. The fourth-order valence-electron chi connectivity index (χ4n) is 0.921. The fourth-order valence-corrected chi connectivity index (χ4v) is 1.24. The summed E-state index contributed by atoms with van der Waals surface area (Å²) in [6, 6.07) is 0. The van der Waals surface area contributed by atoms with E-state index in [1.54, 1.807) is 0 Å². The van der Waals surface area contributed by atoms with E-state index in [1.807, 2.05) is 0 Å². The smallest absolute Gasteiger partial charge is 0.346 e. The summed E-state index contributed by atoms with van der Waals surface area (Å²) in [5, 5.41) is 2.17. The first kappa shape index (κ1) is 13.6. The molecule has 0 aromatic heterocycles. The van der Waals surface area contributed by atoms with Crippen LogP contribution in [0.1, 0.15) is 25.7 Å². The van der Waals surface area contributed by atoms with Crippen molar-refractivity contribution in [2.45, 2.75) is 25.7 Å². The largest absolute Gasteiger partial charge is 0.413 e. The van der Waals surface area contributed by atoms with Gasteiger partial charge in [-0.2, -0.15) is 0 Å². The van der Waals surface area contributed by atoms with Crippen LogP contribution in [0.3, 0.4) is 0 Å². The van der Waals surface area contributed by atoms with Gasteiger partial charge in [0.05, 0.1) is 0 Å². The monoisotopic (exact) mass is 224 g/mol. The van der Waals surface area contributed by atoms with Gasteiger partial charge in [-0.05, 0) is 19.4 Å². The quantitative estimate of drug-likeness (QED) is 0.369. The van der Waals surface area contributed by atoms with Gasteiger partial charge in [0.2, 0.25) is 0 Å². The van der Waals surface area contributed by atoms with Crippen LogP contribution in [0.15, 0.2) is 0 Å². The summed E-state index contributed by atoms with van der Waals surface area (Å²) in [5.41, 5.74) is 4.08. The Balaban J connectivity index is 3.37. The number of unbranched alkanes of at least 4 members (excludes halogenated alkanes) is 3. The van der Waals surface area contributed by atoms with Gasteiger partial charge in [-0.25, -0.2) is 4.57 Å². The minimum atomic E-state index is -4.59. The molecule has 0 aromatic rings. The van der Waals surface area contributed by atoms with Crippen LogP contribution in [0.4, 0.5) is 4.79 Å².